The molecular formula is C25H19F3N6O4S. The number of benzene rings is 1. The van der Waals surface area contributed by atoms with Crippen molar-refractivity contribution in [3.8, 4) is 22.9 Å². The quantitative estimate of drug-likeness (QED) is 0.285. The number of nitrogens with zero attached hydrogens (tertiary/aromatic N) is 4. The smallest absolute Gasteiger partial charge is 0.267 e. The molecule has 0 spiro atoms. The van der Waals surface area contributed by atoms with Crippen molar-refractivity contribution >= 4 is 26.7 Å². The fourth-order valence-electron chi connectivity index (χ4n) is 3.90. The highest BCUT2D eigenvalue weighted by molar-refractivity contribution is 7.92. The van der Waals surface area contributed by atoms with Gasteiger partial charge in [0.2, 0.25) is 5.88 Å². The van der Waals surface area contributed by atoms with Crippen molar-refractivity contribution in [3.63, 3.8) is 0 Å². The van der Waals surface area contributed by atoms with Crippen molar-refractivity contribution in [2.75, 3.05) is 11.8 Å². The number of hydrogen-bond acceptors (Lipinski definition) is 8. The molecule has 0 atom stereocenters. The zero-order valence-electron chi connectivity index (χ0n) is 20.4. The van der Waals surface area contributed by atoms with Crippen LogP contribution in [0.5, 0.6) is 11.6 Å². The molecule has 0 fully saturated rings. The number of halogens is 3. The summed E-state index contributed by atoms with van der Waals surface area (Å²) in [7, 11) is -3.43. The summed E-state index contributed by atoms with van der Waals surface area (Å²) in [5.41, 5.74) is 0.955. The summed E-state index contributed by atoms with van der Waals surface area (Å²) in [6.45, 7) is 1.16. The molecule has 5 aromatic rings. The lowest BCUT2D eigenvalue weighted by Crippen LogP contribution is -2.17. The van der Waals surface area contributed by atoms with Crippen molar-refractivity contribution < 1.29 is 31.1 Å². The minimum absolute atomic E-state index is 0.172. The summed E-state index contributed by atoms with van der Waals surface area (Å²) >= 11 is 0. The third-order valence-electron chi connectivity index (χ3n) is 5.72. The number of ether oxygens (including phenoxy) is 2. The zero-order valence-corrected chi connectivity index (χ0v) is 21.2. The first-order valence-corrected chi connectivity index (χ1v) is 12.7. The molecule has 2 N–H and O–H groups in total. The first-order valence-electron chi connectivity index (χ1n) is 11.3. The van der Waals surface area contributed by atoms with Gasteiger partial charge >= 0.3 is 0 Å². The number of H-pyrrole nitrogens is 1. The second kappa shape index (κ2) is 10.2. The molecule has 200 valence electrons. The van der Waals surface area contributed by atoms with Crippen LogP contribution in [0.15, 0.2) is 59.9 Å². The molecular weight excluding hydrogens is 537 g/mol. The van der Waals surface area contributed by atoms with Gasteiger partial charge in [-0.25, -0.2) is 31.6 Å². The van der Waals surface area contributed by atoms with E-state index in [4.69, 9.17) is 9.47 Å². The molecule has 0 amide bonds. The number of aromatic nitrogens is 5. The highest BCUT2D eigenvalue weighted by Crippen LogP contribution is 2.37. The summed E-state index contributed by atoms with van der Waals surface area (Å²) < 4.78 is 82.3. The number of rotatable bonds is 8. The molecule has 0 radical (unpaired) electrons. The van der Waals surface area contributed by atoms with Gasteiger partial charge in [-0.05, 0) is 31.2 Å². The average molecular weight is 557 g/mol. The van der Waals surface area contributed by atoms with E-state index in [-0.39, 0.29) is 5.75 Å². The van der Waals surface area contributed by atoms with Crippen LogP contribution in [0.25, 0.3) is 22.3 Å². The molecule has 0 aliphatic rings. The van der Waals surface area contributed by atoms with Gasteiger partial charge in [-0.2, -0.15) is 5.10 Å². The fraction of sp³-hybridized carbons (Fsp3) is 0.120. The lowest BCUT2D eigenvalue weighted by Gasteiger charge is -2.15. The van der Waals surface area contributed by atoms with Crippen LogP contribution in [-0.2, 0) is 16.6 Å². The third kappa shape index (κ3) is 4.93. The second-order valence-electron chi connectivity index (χ2n) is 8.20. The van der Waals surface area contributed by atoms with E-state index < -0.39 is 56.1 Å². The molecule has 10 nitrogen and oxygen atoms in total. The van der Waals surface area contributed by atoms with E-state index >= 15 is 4.39 Å². The van der Waals surface area contributed by atoms with E-state index in [1.165, 1.54) is 6.20 Å². The molecule has 0 aliphatic carbocycles. The van der Waals surface area contributed by atoms with Gasteiger partial charge in [0.25, 0.3) is 10.0 Å². The molecule has 39 heavy (non-hydrogen) atoms. The van der Waals surface area contributed by atoms with Gasteiger partial charge in [-0.15, -0.1) is 0 Å². The van der Waals surface area contributed by atoms with Crippen molar-refractivity contribution in [2.45, 2.75) is 18.4 Å². The number of aromatic amines is 1. The van der Waals surface area contributed by atoms with Crippen LogP contribution in [0, 0.1) is 24.4 Å². The maximum atomic E-state index is 15.4. The van der Waals surface area contributed by atoms with Crippen LogP contribution < -0.4 is 14.2 Å². The Morgan fingerprint density at radius 1 is 1.05 bits per heavy atom. The SMILES string of the molecule is COc1ncc(F)cc1S(=O)(=O)Nc1ccc(F)c(COc2cnc3n[nH]c(C)c3c2-c2ccccn2)c1F. The highest BCUT2D eigenvalue weighted by Gasteiger charge is 2.25. The summed E-state index contributed by atoms with van der Waals surface area (Å²) in [6, 6.07) is 7.68. The van der Waals surface area contributed by atoms with E-state index in [2.05, 4.69) is 25.1 Å². The van der Waals surface area contributed by atoms with Gasteiger partial charge in [-0.3, -0.25) is 14.8 Å². The first-order chi connectivity index (χ1) is 18.7. The van der Waals surface area contributed by atoms with Crippen LogP contribution in [0.4, 0.5) is 18.9 Å². The van der Waals surface area contributed by atoms with Crippen molar-refractivity contribution in [1.29, 1.82) is 0 Å². The van der Waals surface area contributed by atoms with Gasteiger partial charge in [-0.1, -0.05) is 6.07 Å². The predicted molar refractivity (Wildman–Crippen MR) is 134 cm³/mol. The van der Waals surface area contributed by atoms with E-state index in [0.29, 0.717) is 34.1 Å². The Kier molecular flexibility index (Phi) is 6.78. The van der Waals surface area contributed by atoms with E-state index in [0.717, 1.165) is 25.4 Å². The monoisotopic (exact) mass is 556 g/mol. The maximum absolute atomic E-state index is 15.4. The van der Waals surface area contributed by atoms with Gasteiger partial charge in [0.15, 0.2) is 16.4 Å². The standard InChI is InChI=1S/C25H19F3N6O4S/c1-13-21-22(17-5-3-4-8-29-17)19(11-30-24(21)33-32-13)38-12-15-16(27)6-7-18(23(15)28)34-39(35,36)20-9-14(26)10-31-25(20)37-2/h3-11,34H,12H2,1-2H3,(H,30,32,33). The lowest BCUT2D eigenvalue weighted by molar-refractivity contribution is 0.293. The van der Waals surface area contributed by atoms with Gasteiger partial charge in [0, 0.05) is 18.0 Å². The Bertz CT molecular complexity index is 1800. The number of nitrogens with one attached hydrogen (secondary N) is 2. The summed E-state index contributed by atoms with van der Waals surface area (Å²) in [5.74, 6) is -3.39. The van der Waals surface area contributed by atoms with Crippen LogP contribution in [0.1, 0.15) is 11.3 Å². The van der Waals surface area contributed by atoms with Crippen LogP contribution in [0.2, 0.25) is 0 Å². The number of anilines is 1. The van der Waals surface area contributed by atoms with E-state index in [1.54, 1.807) is 31.3 Å². The van der Waals surface area contributed by atoms with Crippen LogP contribution in [-0.4, -0.2) is 40.7 Å². The predicted octanol–water partition coefficient (Wildman–Crippen LogP) is 4.53. The average Bonchev–Trinajstić information content (AvgIpc) is 3.31. The molecule has 0 saturated carbocycles. The Labute approximate surface area is 219 Å². The Balaban J connectivity index is 1.50. The fourth-order valence-corrected chi connectivity index (χ4v) is 5.09. The largest absolute Gasteiger partial charge is 0.486 e. The number of fused-ring (bicyclic) bond motifs is 1. The number of sulfonamides is 1. The molecule has 1 aromatic carbocycles. The molecule has 4 heterocycles. The minimum atomic E-state index is -4.57. The van der Waals surface area contributed by atoms with Crippen molar-refractivity contribution in [1.82, 2.24) is 25.1 Å². The topological polar surface area (TPSA) is 132 Å². The number of pyridine rings is 3. The minimum Gasteiger partial charge on any atom is -0.486 e. The van der Waals surface area contributed by atoms with Crippen molar-refractivity contribution in [3.05, 3.63) is 83.7 Å². The van der Waals surface area contributed by atoms with Crippen molar-refractivity contribution in [2.24, 2.45) is 0 Å². The third-order valence-corrected chi connectivity index (χ3v) is 7.08. The molecule has 0 bridgehead atoms. The second-order valence-corrected chi connectivity index (χ2v) is 9.85. The molecule has 0 aliphatic heterocycles. The van der Waals surface area contributed by atoms with Gasteiger partial charge in [0.05, 0.1) is 47.4 Å². The molecule has 4 aromatic heterocycles. The van der Waals surface area contributed by atoms with Crippen LogP contribution >= 0.6 is 0 Å². The summed E-state index contributed by atoms with van der Waals surface area (Å²) in [6.07, 6.45) is 3.71. The lowest BCUT2D eigenvalue weighted by atomic mass is 10.1. The normalized spacial score (nSPS) is 11.5. The molecule has 0 saturated heterocycles. The zero-order chi connectivity index (χ0) is 27.7. The Morgan fingerprint density at radius 3 is 2.62 bits per heavy atom. The Morgan fingerprint density at radius 2 is 1.87 bits per heavy atom. The van der Waals surface area contributed by atoms with E-state index in [9.17, 15) is 17.2 Å². The molecule has 5 rings (SSSR count). The highest BCUT2D eigenvalue weighted by atomic mass is 32.2. The molecule has 0 unspecified atom stereocenters. The maximum Gasteiger partial charge on any atom is 0.267 e. The van der Waals surface area contributed by atoms with E-state index in [1.807, 2.05) is 4.72 Å². The first kappa shape index (κ1) is 25.9. The number of aryl methyl sites for hydroxylation is 1. The van der Waals surface area contributed by atoms with Gasteiger partial charge in [0.1, 0.15) is 24.0 Å². The van der Waals surface area contributed by atoms with Gasteiger partial charge < -0.3 is 9.47 Å². The van der Waals surface area contributed by atoms with Crippen LogP contribution in [0.3, 0.4) is 0 Å². The Hall–Kier alpha value is -4.72. The summed E-state index contributed by atoms with van der Waals surface area (Å²) in [5, 5.41) is 7.60. The molecule has 14 heteroatoms. The number of hydrogen-bond donors (Lipinski definition) is 2. The summed E-state index contributed by atoms with van der Waals surface area (Å²) in [4.78, 5) is 11.5. The number of methoxy groups -OCH3 is 1.